The zero-order chi connectivity index (χ0) is 11.0. The lowest BCUT2D eigenvalue weighted by Gasteiger charge is -2.26. The number of nitrogens with two attached hydrogens (primary N) is 1. The minimum atomic E-state index is 0.294. The van der Waals surface area contributed by atoms with Crippen molar-refractivity contribution >= 4 is 0 Å². The molecule has 0 saturated carbocycles. The largest absolute Gasteiger partial charge is 0.334 e. The fourth-order valence-electron chi connectivity index (χ4n) is 2.20. The molecule has 0 radical (unpaired) electrons. The molecular weight excluding hydrogens is 186 g/mol. The smallest absolute Gasteiger partial charge is 0.108 e. The van der Waals surface area contributed by atoms with Crippen molar-refractivity contribution in [1.29, 1.82) is 0 Å². The first-order chi connectivity index (χ1) is 7.08. The molecule has 2 unspecified atom stereocenters. The van der Waals surface area contributed by atoms with Crippen molar-refractivity contribution in [3.63, 3.8) is 0 Å². The highest BCUT2D eigenvalue weighted by atomic mass is 15.1. The third-order valence-corrected chi connectivity index (χ3v) is 3.38. The highest BCUT2D eigenvalue weighted by Crippen LogP contribution is 2.24. The molecule has 0 spiro atoms. The molecule has 0 bridgehead atoms. The molecular formula is C12H21N3. The molecule has 3 heteroatoms. The SMILES string of the molecule is CC(C)c1cn2c(n1)CCC(C(C)N)C2. The molecule has 2 rings (SSSR count). The van der Waals surface area contributed by atoms with E-state index >= 15 is 0 Å². The van der Waals surface area contributed by atoms with Crippen LogP contribution in [-0.2, 0) is 13.0 Å². The molecule has 1 aromatic rings. The molecule has 1 aromatic heterocycles. The van der Waals surface area contributed by atoms with Crippen LogP contribution in [-0.4, -0.2) is 15.6 Å². The molecule has 0 saturated heterocycles. The minimum absolute atomic E-state index is 0.294. The molecule has 2 atom stereocenters. The Morgan fingerprint density at radius 1 is 1.47 bits per heavy atom. The van der Waals surface area contributed by atoms with Gasteiger partial charge in [-0.2, -0.15) is 0 Å². The first-order valence-electron chi connectivity index (χ1n) is 5.89. The number of rotatable bonds is 2. The van der Waals surface area contributed by atoms with Crippen molar-refractivity contribution in [3.8, 4) is 0 Å². The second-order valence-corrected chi connectivity index (χ2v) is 5.05. The third kappa shape index (κ3) is 2.07. The molecule has 2 heterocycles. The number of imidazole rings is 1. The first-order valence-corrected chi connectivity index (χ1v) is 5.89. The van der Waals surface area contributed by atoms with Gasteiger partial charge < -0.3 is 10.3 Å². The van der Waals surface area contributed by atoms with Crippen LogP contribution in [0.15, 0.2) is 6.20 Å². The summed E-state index contributed by atoms with van der Waals surface area (Å²) >= 11 is 0. The van der Waals surface area contributed by atoms with Crippen LogP contribution in [0.5, 0.6) is 0 Å². The number of nitrogens with zero attached hydrogens (tertiary/aromatic N) is 2. The van der Waals surface area contributed by atoms with Gasteiger partial charge in [-0.1, -0.05) is 13.8 Å². The normalized spacial score (nSPS) is 22.9. The summed E-state index contributed by atoms with van der Waals surface area (Å²) in [4.78, 5) is 4.67. The van der Waals surface area contributed by atoms with Crippen LogP contribution in [0, 0.1) is 5.92 Å². The summed E-state index contributed by atoms with van der Waals surface area (Å²) in [5.74, 6) is 2.39. The Bertz CT molecular complexity index is 339. The van der Waals surface area contributed by atoms with Gasteiger partial charge in [0.1, 0.15) is 5.82 Å². The van der Waals surface area contributed by atoms with Gasteiger partial charge in [0.05, 0.1) is 5.69 Å². The van der Waals surface area contributed by atoms with Gasteiger partial charge in [-0.15, -0.1) is 0 Å². The quantitative estimate of drug-likeness (QED) is 0.805. The summed E-state index contributed by atoms with van der Waals surface area (Å²) < 4.78 is 2.30. The van der Waals surface area contributed by atoms with Crippen LogP contribution in [0.3, 0.4) is 0 Å². The molecule has 0 fully saturated rings. The van der Waals surface area contributed by atoms with E-state index in [0.717, 1.165) is 13.0 Å². The summed E-state index contributed by atoms with van der Waals surface area (Å²) in [6, 6.07) is 0.294. The lowest BCUT2D eigenvalue weighted by atomic mass is 9.93. The molecule has 15 heavy (non-hydrogen) atoms. The van der Waals surface area contributed by atoms with Gasteiger partial charge in [0.25, 0.3) is 0 Å². The predicted octanol–water partition coefficient (Wildman–Crippen LogP) is 1.92. The Balaban J connectivity index is 2.19. The minimum Gasteiger partial charge on any atom is -0.334 e. The Labute approximate surface area is 91.7 Å². The average Bonchev–Trinajstić information content (AvgIpc) is 2.59. The molecule has 2 N–H and O–H groups in total. The third-order valence-electron chi connectivity index (χ3n) is 3.38. The summed E-state index contributed by atoms with van der Waals surface area (Å²) in [6.45, 7) is 7.54. The highest BCUT2D eigenvalue weighted by Gasteiger charge is 2.23. The second kappa shape index (κ2) is 3.97. The Hall–Kier alpha value is -0.830. The fourth-order valence-corrected chi connectivity index (χ4v) is 2.20. The Morgan fingerprint density at radius 3 is 2.80 bits per heavy atom. The zero-order valence-corrected chi connectivity index (χ0v) is 9.90. The van der Waals surface area contributed by atoms with Crippen LogP contribution < -0.4 is 5.73 Å². The van der Waals surface area contributed by atoms with Gasteiger partial charge in [-0.25, -0.2) is 4.98 Å². The van der Waals surface area contributed by atoms with E-state index in [1.165, 1.54) is 17.9 Å². The van der Waals surface area contributed by atoms with E-state index in [9.17, 15) is 0 Å². The fraction of sp³-hybridized carbons (Fsp3) is 0.750. The van der Waals surface area contributed by atoms with E-state index in [2.05, 4.69) is 36.5 Å². The van der Waals surface area contributed by atoms with Crippen molar-refractivity contribution < 1.29 is 0 Å². The first kappa shape index (κ1) is 10.7. The maximum atomic E-state index is 5.96. The van der Waals surface area contributed by atoms with E-state index in [0.29, 0.717) is 17.9 Å². The number of hydrogen-bond donors (Lipinski definition) is 1. The lowest BCUT2D eigenvalue weighted by molar-refractivity contribution is 0.321. The Morgan fingerprint density at radius 2 is 2.20 bits per heavy atom. The van der Waals surface area contributed by atoms with Crippen LogP contribution >= 0.6 is 0 Å². The molecule has 1 aliphatic heterocycles. The van der Waals surface area contributed by atoms with Gasteiger partial charge in [-0.3, -0.25) is 0 Å². The van der Waals surface area contributed by atoms with Crippen molar-refractivity contribution in [2.24, 2.45) is 11.7 Å². The van der Waals surface area contributed by atoms with Gasteiger partial charge in [0.15, 0.2) is 0 Å². The van der Waals surface area contributed by atoms with Crippen molar-refractivity contribution in [2.75, 3.05) is 0 Å². The van der Waals surface area contributed by atoms with Crippen molar-refractivity contribution in [3.05, 3.63) is 17.7 Å². The summed E-state index contributed by atoms with van der Waals surface area (Å²) in [7, 11) is 0. The average molecular weight is 207 g/mol. The number of fused-ring (bicyclic) bond motifs is 1. The Kier molecular flexibility index (Phi) is 2.83. The molecule has 1 aliphatic rings. The molecule has 0 aromatic carbocycles. The van der Waals surface area contributed by atoms with Crippen molar-refractivity contribution in [1.82, 2.24) is 9.55 Å². The van der Waals surface area contributed by atoms with Crippen LogP contribution in [0.25, 0.3) is 0 Å². The monoisotopic (exact) mass is 207 g/mol. The van der Waals surface area contributed by atoms with Gasteiger partial charge >= 0.3 is 0 Å². The standard InChI is InChI=1S/C12H21N3/c1-8(2)11-7-15-6-10(9(3)13)4-5-12(15)14-11/h7-10H,4-6,13H2,1-3H3. The van der Waals surface area contributed by atoms with E-state index in [1.54, 1.807) is 0 Å². The summed E-state index contributed by atoms with van der Waals surface area (Å²) in [5, 5.41) is 0. The number of hydrogen-bond acceptors (Lipinski definition) is 2. The van der Waals surface area contributed by atoms with E-state index in [4.69, 9.17) is 5.73 Å². The molecule has 0 amide bonds. The van der Waals surface area contributed by atoms with E-state index in [-0.39, 0.29) is 0 Å². The summed E-state index contributed by atoms with van der Waals surface area (Å²) in [5.41, 5.74) is 7.18. The molecule has 0 aliphatic carbocycles. The van der Waals surface area contributed by atoms with Crippen LogP contribution in [0.4, 0.5) is 0 Å². The lowest BCUT2D eigenvalue weighted by Crippen LogP contribution is -2.33. The maximum Gasteiger partial charge on any atom is 0.108 e. The van der Waals surface area contributed by atoms with Gasteiger partial charge in [0.2, 0.25) is 0 Å². The highest BCUT2D eigenvalue weighted by molar-refractivity contribution is 5.10. The van der Waals surface area contributed by atoms with Crippen LogP contribution in [0.1, 0.15) is 44.6 Å². The molecule has 3 nitrogen and oxygen atoms in total. The van der Waals surface area contributed by atoms with Crippen molar-refractivity contribution in [2.45, 2.75) is 52.1 Å². The zero-order valence-electron chi connectivity index (χ0n) is 9.90. The topological polar surface area (TPSA) is 43.8 Å². The summed E-state index contributed by atoms with van der Waals surface area (Å²) in [6.07, 6.45) is 4.47. The molecule has 84 valence electrons. The van der Waals surface area contributed by atoms with Gasteiger partial charge in [0, 0.05) is 25.2 Å². The number of aryl methyl sites for hydroxylation is 1. The second-order valence-electron chi connectivity index (χ2n) is 5.05. The van der Waals surface area contributed by atoms with E-state index < -0.39 is 0 Å². The van der Waals surface area contributed by atoms with E-state index in [1.807, 2.05) is 0 Å². The number of aromatic nitrogens is 2. The predicted molar refractivity (Wildman–Crippen MR) is 61.8 cm³/mol. The van der Waals surface area contributed by atoms with Crippen LogP contribution in [0.2, 0.25) is 0 Å². The van der Waals surface area contributed by atoms with Gasteiger partial charge in [-0.05, 0) is 25.2 Å². The maximum absolute atomic E-state index is 5.96.